The number of nitrogens with zero attached hydrogens (tertiary/aromatic N) is 1. The zero-order chi connectivity index (χ0) is 17.1. The first kappa shape index (κ1) is 16.7. The molecule has 0 radical (unpaired) electrons. The predicted octanol–water partition coefficient (Wildman–Crippen LogP) is 3.17. The number of likely N-dealkylation sites (tertiary alicyclic amines) is 1. The Morgan fingerprint density at radius 1 is 1.12 bits per heavy atom. The molecule has 2 atom stereocenters. The lowest BCUT2D eigenvalue weighted by atomic mass is 9.82. The van der Waals surface area contributed by atoms with Gasteiger partial charge >= 0.3 is 0 Å². The summed E-state index contributed by atoms with van der Waals surface area (Å²) in [6, 6.07) is 17.7. The second-order valence-corrected chi connectivity index (χ2v) is 7.22. The average molecular weight is 340 g/mol. The van der Waals surface area contributed by atoms with Gasteiger partial charge in [-0.3, -0.25) is 4.90 Å². The largest absolute Gasteiger partial charge is 0.379 e. The van der Waals surface area contributed by atoms with Crippen LogP contribution in [0.4, 0.5) is 4.39 Å². The zero-order valence-electron chi connectivity index (χ0n) is 14.5. The fourth-order valence-electron chi connectivity index (χ4n) is 4.26. The van der Waals surface area contributed by atoms with Crippen LogP contribution in [0, 0.1) is 5.82 Å². The molecule has 2 aromatic carbocycles. The van der Waals surface area contributed by atoms with Gasteiger partial charge in [0.05, 0.1) is 12.1 Å². The van der Waals surface area contributed by atoms with Gasteiger partial charge in [0.2, 0.25) is 0 Å². The molecule has 132 valence electrons. The molecule has 0 saturated carbocycles. The highest BCUT2D eigenvalue weighted by Gasteiger charge is 2.48. The normalized spacial score (nSPS) is 27.5. The first-order valence-corrected chi connectivity index (χ1v) is 9.10. The van der Waals surface area contributed by atoms with E-state index in [4.69, 9.17) is 4.74 Å². The molecule has 2 fully saturated rings. The van der Waals surface area contributed by atoms with E-state index in [-0.39, 0.29) is 17.3 Å². The van der Waals surface area contributed by atoms with E-state index in [2.05, 4.69) is 34.5 Å². The maximum Gasteiger partial charge on any atom is 0.126 e. The highest BCUT2D eigenvalue weighted by atomic mass is 19.1. The predicted molar refractivity (Wildman–Crippen MR) is 97.0 cm³/mol. The molecular weight excluding hydrogens is 315 g/mol. The van der Waals surface area contributed by atoms with Gasteiger partial charge in [0.15, 0.2) is 0 Å². The molecular formula is C21H25FN2O. The third-order valence-electron chi connectivity index (χ3n) is 5.45. The first-order chi connectivity index (χ1) is 12.3. The van der Waals surface area contributed by atoms with Crippen molar-refractivity contribution in [2.24, 2.45) is 0 Å². The van der Waals surface area contributed by atoms with Crippen LogP contribution < -0.4 is 5.32 Å². The van der Waals surface area contributed by atoms with Crippen molar-refractivity contribution < 1.29 is 9.13 Å². The zero-order valence-corrected chi connectivity index (χ0v) is 14.5. The quantitative estimate of drug-likeness (QED) is 0.929. The van der Waals surface area contributed by atoms with Crippen LogP contribution in [0.1, 0.15) is 23.5 Å². The van der Waals surface area contributed by atoms with Crippen molar-refractivity contribution in [3.05, 3.63) is 71.5 Å². The number of hydrogen-bond donors (Lipinski definition) is 1. The van der Waals surface area contributed by atoms with E-state index in [1.165, 1.54) is 5.56 Å². The molecule has 2 aromatic rings. The van der Waals surface area contributed by atoms with Gasteiger partial charge < -0.3 is 10.1 Å². The van der Waals surface area contributed by atoms with Gasteiger partial charge in [-0.05, 0) is 30.2 Å². The summed E-state index contributed by atoms with van der Waals surface area (Å²) in [5, 5.41) is 3.72. The molecule has 25 heavy (non-hydrogen) atoms. The molecule has 0 amide bonds. The summed E-state index contributed by atoms with van der Waals surface area (Å²) in [6.45, 7) is 4.93. The average Bonchev–Trinajstić information content (AvgIpc) is 2.80. The number of hydrogen-bond acceptors (Lipinski definition) is 3. The summed E-state index contributed by atoms with van der Waals surface area (Å²) in [4.78, 5) is 2.42. The lowest BCUT2D eigenvalue weighted by Gasteiger charge is -2.34. The molecule has 2 heterocycles. The summed E-state index contributed by atoms with van der Waals surface area (Å²) >= 11 is 0. The van der Waals surface area contributed by atoms with Gasteiger partial charge in [-0.2, -0.15) is 0 Å². The first-order valence-electron chi connectivity index (χ1n) is 9.10. The lowest BCUT2D eigenvalue weighted by molar-refractivity contribution is 0.0874. The number of nitrogens with one attached hydrogen (secondary N) is 1. The molecule has 0 aromatic heterocycles. The van der Waals surface area contributed by atoms with E-state index in [1.54, 1.807) is 12.1 Å². The molecule has 4 heteroatoms. The Balaban J connectivity index is 1.63. The molecule has 2 saturated heterocycles. The summed E-state index contributed by atoms with van der Waals surface area (Å²) < 4.78 is 20.5. The van der Waals surface area contributed by atoms with Crippen LogP contribution in [-0.4, -0.2) is 43.3 Å². The smallest absolute Gasteiger partial charge is 0.126 e. The van der Waals surface area contributed by atoms with Crippen LogP contribution >= 0.6 is 0 Å². The topological polar surface area (TPSA) is 24.5 Å². The van der Waals surface area contributed by atoms with Crippen molar-refractivity contribution in [2.45, 2.75) is 24.4 Å². The van der Waals surface area contributed by atoms with E-state index in [1.807, 2.05) is 18.2 Å². The molecule has 3 nitrogen and oxygen atoms in total. The fourth-order valence-corrected chi connectivity index (χ4v) is 4.26. The van der Waals surface area contributed by atoms with Crippen LogP contribution in [-0.2, 0) is 11.3 Å². The minimum atomic E-state index is -0.215. The molecule has 2 aliphatic rings. The fraction of sp³-hybridized carbons (Fsp3) is 0.429. The van der Waals surface area contributed by atoms with Crippen molar-refractivity contribution in [1.82, 2.24) is 10.2 Å². The van der Waals surface area contributed by atoms with Crippen LogP contribution in [0.25, 0.3) is 0 Å². The standard InChI is InChI=1S/C21H25FN2O/c22-20-10-5-4-9-18(20)19-14-24(13-17-7-2-1-3-8-17)15-21(19)16-25-12-6-11-23-21/h1-5,7-10,19,23H,6,11-16H2. The van der Waals surface area contributed by atoms with Crippen molar-refractivity contribution in [3.8, 4) is 0 Å². The van der Waals surface area contributed by atoms with Gasteiger partial charge in [-0.15, -0.1) is 0 Å². The summed E-state index contributed by atoms with van der Waals surface area (Å²) in [7, 11) is 0. The van der Waals surface area contributed by atoms with Crippen molar-refractivity contribution in [3.63, 3.8) is 0 Å². The van der Waals surface area contributed by atoms with Crippen molar-refractivity contribution in [2.75, 3.05) is 32.8 Å². The molecule has 2 aliphatic heterocycles. The van der Waals surface area contributed by atoms with E-state index < -0.39 is 0 Å². The highest BCUT2D eigenvalue weighted by molar-refractivity contribution is 5.30. The van der Waals surface area contributed by atoms with E-state index >= 15 is 0 Å². The highest BCUT2D eigenvalue weighted by Crippen LogP contribution is 2.38. The van der Waals surface area contributed by atoms with Crippen LogP contribution in [0.15, 0.2) is 54.6 Å². The summed E-state index contributed by atoms with van der Waals surface area (Å²) in [5.41, 5.74) is 1.88. The summed E-state index contributed by atoms with van der Waals surface area (Å²) in [5.74, 6) is -0.0185. The van der Waals surface area contributed by atoms with Crippen LogP contribution in [0.2, 0.25) is 0 Å². The Hall–Kier alpha value is -1.75. The maximum atomic E-state index is 14.5. The van der Waals surface area contributed by atoms with E-state index in [0.717, 1.165) is 44.8 Å². The van der Waals surface area contributed by atoms with Crippen LogP contribution in [0.5, 0.6) is 0 Å². The van der Waals surface area contributed by atoms with Gasteiger partial charge in [-0.25, -0.2) is 4.39 Å². The van der Waals surface area contributed by atoms with Gasteiger partial charge in [0.25, 0.3) is 0 Å². The van der Waals surface area contributed by atoms with Gasteiger partial charge in [0, 0.05) is 32.2 Å². The molecule has 0 bridgehead atoms. The Morgan fingerprint density at radius 3 is 2.76 bits per heavy atom. The third kappa shape index (κ3) is 3.47. The number of halogens is 1. The van der Waals surface area contributed by atoms with Gasteiger partial charge in [-0.1, -0.05) is 48.5 Å². The summed E-state index contributed by atoms with van der Waals surface area (Å²) in [6.07, 6.45) is 1.00. The SMILES string of the molecule is Fc1ccccc1C1CN(Cc2ccccc2)CC12COCCCN2. The minimum Gasteiger partial charge on any atom is -0.379 e. The number of rotatable bonds is 3. The molecule has 1 N–H and O–H groups in total. The second-order valence-electron chi connectivity index (χ2n) is 7.22. The Labute approximate surface area is 148 Å². The lowest BCUT2D eigenvalue weighted by Crippen LogP contribution is -2.53. The number of benzene rings is 2. The molecule has 2 unspecified atom stereocenters. The van der Waals surface area contributed by atoms with Crippen LogP contribution in [0.3, 0.4) is 0 Å². The minimum absolute atomic E-state index is 0.0931. The number of ether oxygens (including phenoxy) is 1. The van der Waals surface area contributed by atoms with Crippen molar-refractivity contribution >= 4 is 0 Å². The molecule has 4 rings (SSSR count). The van der Waals surface area contributed by atoms with E-state index in [9.17, 15) is 4.39 Å². The Kier molecular flexibility index (Phi) is 4.84. The Bertz CT molecular complexity index is 698. The third-order valence-corrected chi connectivity index (χ3v) is 5.45. The molecule has 1 spiro atoms. The van der Waals surface area contributed by atoms with Crippen molar-refractivity contribution in [1.29, 1.82) is 0 Å². The Morgan fingerprint density at radius 2 is 1.92 bits per heavy atom. The maximum absolute atomic E-state index is 14.5. The van der Waals surface area contributed by atoms with E-state index in [0.29, 0.717) is 6.61 Å². The molecule has 0 aliphatic carbocycles. The monoisotopic (exact) mass is 340 g/mol. The van der Waals surface area contributed by atoms with Gasteiger partial charge in [0.1, 0.15) is 5.82 Å². The second kappa shape index (κ2) is 7.24.